The van der Waals surface area contributed by atoms with Gasteiger partial charge in [-0.15, -0.1) is 0 Å². The molecule has 9 rings (SSSR count). The molecule has 2 aromatic heterocycles. The number of imidazole rings is 1. The number of nitrogens with two attached hydrogens (primary N) is 2. The van der Waals surface area contributed by atoms with E-state index in [1.807, 2.05) is 18.2 Å². The number of ether oxygens (including phenoxy) is 2. The van der Waals surface area contributed by atoms with Crippen LogP contribution in [0.15, 0.2) is 57.8 Å². The minimum Gasteiger partial charge on any atom is -0.404 e. The highest BCUT2D eigenvalue weighted by molar-refractivity contribution is 6.19. The summed E-state index contributed by atoms with van der Waals surface area (Å²) >= 11 is 0. The average Bonchev–Trinajstić information content (AvgIpc) is 3.99. The number of carbonyl (C=O) groups excluding carboxylic acids is 3. The summed E-state index contributed by atoms with van der Waals surface area (Å²) in [4.78, 5) is 68.8. The highest BCUT2D eigenvalue weighted by atomic mass is 19.3. The van der Waals surface area contributed by atoms with Gasteiger partial charge in [0, 0.05) is 58.3 Å². The van der Waals surface area contributed by atoms with Crippen LogP contribution in [0.4, 0.5) is 19.0 Å². The van der Waals surface area contributed by atoms with E-state index in [1.54, 1.807) is 17.7 Å². The van der Waals surface area contributed by atoms with Crippen LogP contribution in [0.5, 0.6) is 0 Å². The van der Waals surface area contributed by atoms with Crippen molar-refractivity contribution >= 4 is 46.4 Å². The van der Waals surface area contributed by atoms with Crippen molar-refractivity contribution in [2.45, 2.75) is 119 Å². The van der Waals surface area contributed by atoms with Gasteiger partial charge in [0.1, 0.15) is 23.7 Å². The standard InChI is InChI=1S/C45H56F3N11O6/c1-56-40-30(3-2-4-34(40)59(45(56)63)35-9-10-38(60)55-44(35)62)25-15-28(16-25)65-36-12-14-57(22-32(36)46)20-24-5-7-26(8-6-24)52-19-33(39(50)41(47)48)53-43(61)31(18-49)42-51-13-11-37(54-42)58-21-29-17-27(58)23-64-29/h2-4,11,13,18-19,24-29,32,35-36,41H,5-10,12,14-17,20-23,49-50H2,1H3,(H,53,61)(H,55,60,62)/b31-18+,39-33+,52-19?/t24?,25?,26?,27-,28?,29-,32+,35?,36-/m1/s1. The fourth-order valence-corrected chi connectivity index (χ4v) is 10.5. The molecule has 0 spiro atoms. The van der Waals surface area contributed by atoms with Crippen molar-refractivity contribution < 1.29 is 37.0 Å². The van der Waals surface area contributed by atoms with Crippen molar-refractivity contribution in [3.63, 3.8) is 0 Å². The van der Waals surface area contributed by atoms with Gasteiger partial charge in [0.15, 0.2) is 5.82 Å². The lowest BCUT2D eigenvalue weighted by Crippen LogP contribution is -2.49. The number of halogens is 3. The molecule has 1 aromatic carbocycles. The Morgan fingerprint density at radius 1 is 1.09 bits per heavy atom. The number of nitrogens with zero attached hydrogens (tertiary/aromatic N) is 7. The number of nitrogens with one attached hydrogen (secondary N) is 2. The molecule has 20 heteroatoms. The monoisotopic (exact) mass is 903 g/mol. The smallest absolute Gasteiger partial charge is 0.329 e. The van der Waals surface area contributed by atoms with Crippen LogP contribution in [-0.2, 0) is 30.9 Å². The summed E-state index contributed by atoms with van der Waals surface area (Å²) in [6, 6.07) is 6.69. The van der Waals surface area contributed by atoms with Crippen LogP contribution in [-0.4, -0.2) is 124 Å². The maximum atomic E-state index is 15.7. The quantitative estimate of drug-likeness (QED) is 0.111. The van der Waals surface area contributed by atoms with Gasteiger partial charge < -0.3 is 31.2 Å². The fourth-order valence-electron chi connectivity index (χ4n) is 10.5. The predicted octanol–water partition coefficient (Wildman–Crippen LogP) is 2.94. The number of hydrogen-bond acceptors (Lipinski definition) is 13. The lowest BCUT2D eigenvalue weighted by molar-refractivity contribution is -0.135. The second-order valence-electron chi connectivity index (χ2n) is 18.3. The van der Waals surface area contributed by atoms with E-state index in [0.717, 1.165) is 43.1 Å². The topological polar surface area (TPSA) is 217 Å². The Morgan fingerprint density at radius 2 is 1.89 bits per heavy atom. The van der Waals surface area contributed by atoms with Gasteiger partial charge in [-0.05, 0) is 87.3 Å². The third-order valence-corrected chi connectivity index (χ3v) is 14.2. The van der Waals surface area contributed by atoms with Gasteiger partial charge in [-0.1, -0.05) is 12.1 Å². The summed E-state index contributed by atoms with van der Waals surface area (Å²) in [6.07, 6.45) is 5.40. The highest BCUT2D eigenvalue weighted by Gasteiger charge is 2.41. The molecule has 2 saturated carbocycles. The molecule has 65 heavy (non-hydrogen) atoms. The first kappa shape index (κ1) is 44.6. The van der Waals surface area contributed by atoms with Crippen LogP contribution in [0.2, 0.25) is 0 Å². The number of imide groups is 1. The number of rotatable bonds is 13. The van der Waals surface area contributed by atoms with Gasteiger partial charge in [0.25, 0.3) is 12.3 Å². The van der Waals surface area contributed by atoms with Crippen molar-refractivity contribution in [3.05, 3.63) is 69.9 Å². The van der Waals surface area contributed by atoms with Crippen molar-refractivity contribution in [3.8, 4) is 0 Å². The Hall–Kier alpha value is -5.60. The zero-order valence-electron chi connectivity index (χ0n) is 36.3. The Bertz CT molecular complexity index is 2460. The molecule has 0 radical (unpaired) electrons. The first-order valence-electron chi connectivity index (χ1n) is 22.7. The third-order valence-electron chi connectivity index (χ3n) is 14.2. The molecule has 3 aromatic rings. The normalized spacial score (nSPS) is 30.3. The van der Waals surface area contributed by atoms with E-state index in [1.165, 1.54) is 17.0 Å². The second-order valence-corrected chi connectivity index (χ2v) is 18.3. The van der Waals surface area contributed by atoms with Crippen LogP contribution in [0.25, 0.3) is 16.6 Å². The van der Waals surface area contributed by atoms with Crippen molar-refractivity contribution in [1.82, 2.24) is 34.6 Å². The van der Waals surface area contributed by atoms with E-state index in [-0.39, 0.29) is 78.3 Å². The molecule has 1 unspecified atom stereocenters. The number of carbonyl (C=O) groups is 3. The molecule has 6 heterocycles. The van der Waals surface area contributed by atoms with E-state index in [0.29, 0.717) is 69.1 Å². The van der Waals surface area contributed by atoms with E-state index >= 15 is 4.39 Å². The Kier molecular flexibility index (Phi) is 12.8. The number of amides is 3. The Balaban J connectivity index is 0.736. The molecule has 348 valence electrons. The first-order valence-corrected chi connectivity index (χ1v) is 22.7. The Labute approximate surface area is 373 Å². The number of piperidine rings is 2. The fraction of sp³-hybridized carbons (Fsp3) is 0.578. The predicted molar refractivity (Wildman–Crippen MR) is 234 cm³/mol. The molecule has 3 amide bonds. The van der Waals surface area contributed by atoms with Crippen LogP contribution < -0.4 is 32.7 Å². The molecule has 2 bridgehead atoms. The van der Waals surface area contributed by atoms with Gasteiger partial charge in [0.05, 0.1) is 59.3 Å². The van der Waals surface area contributed by atoms with Crippen LogP contribution in [0.3, 0.4) is 0 Å². The number of aryl methyl sites for hydroxylation is 1. The van der Waals surface area contributed by atoms with Crippen molar-refractivity contribution in [2.24, 2.45) is 29.4 Å². The SMILES string of the molecule is Cn1c(=O)n(C2CCC(=O)NC2=O)c2cccc(C3CC(O[C@@H]4CCN(CC5CCC(N=C/C(NC(=O)/C(=C/N)c6nccc(N7C[C@H]8C[C@@H]7CO8)n6)=C(\N)C(F)F)CC5)C[C@@H]4F)C3)c21. The first-order chi connectivity index (χ1) is 31.3. The van der Waals surface area contributed by atoms with E-state index in [9.17, 15) is 28.0 Å². The van der Waals surface area contributed by atoms with Crippen LogP contribution >= 0.6 is 0 Å². The number of allylic oxidation sites excluding steroid dienone is 2. The molecule has 4 saturated heterocycles. The molecule has 4 aliphatic heterocycles. The number of aromatic nitrogens is 4. The minimum atomic E-state index is -3.04. The number of benzene rings is 1. The Morgan fingerprint density at radius 3 is 2.58 bits per heavy atom. The number of morpholine rings is 1. The third kappa shape index (κ3) is 9.16. The molecule has 2 aliphatic carbocycles. The van der Waals surface area contributed by atoms with E-state index in [2.05, 4.69) is 35.4 Å². The summed E-state index contributed by atoms with van der Waals surface area (Å²) in [7, 11) is 1.69. The maximum absolute atomic E-state index is 15.7. The number of alkyl halides is 3. The number of aliphatic imine (C=N–C) groups is 1. The molecular formula is C45H56F3N11O6. The van der Waals surface area contributed by atoms with E-state index in [4.69, 9.17) is 20.9 Å². The number of fused-ring (bicyclic) bond motifs is 3. The van der Waals surface area contributed by atoms with Gasteiger partial charge >= 0.3 is 5.69 Å². The summed E-state index contributed by atoms with van der Waals surface area (Å²) < 4.78 is 58.5. The van der Waals surface area contributed by atoms with E-state index < -0.39 is 42.3 Å². The van der Waals surface area contributed by atoms with Crippen LogP contribution in [0, 0.1) is 5.92 Å². The van der Waals surface area contributed by atoms with Crippen molar-refractivity contribution in [1.29, 1.82) is 0 Å². The lowest BCUT2D eigenvalue weighted by atomic mass is 9.76. The van der Waals surface area contributed by atoms with Gasteiger partial charge in [-0.25, -0.2) is 27.9 Å². The van der Waals surface area contributed by atoms with Crippen molar-refractivity contribution in [2.75, 3.05) is 37.7 Å². The summed E-state index contributed by atoms with van der Waals surface area (Å²) in [5, 5.41) is 4.82. The second kappa shape index (κ2) is 18.7. The number of anilines is 1. The minimum absolute atomic E-state index is 0.0444. The number of para-hydroxylation sites is 1. The lowest BCUT2D eigenvalue weighted by Gasteiger charge is -2.42. The number of hydrogen-bond donors (Lipinski definition) is 4. The molecular weight excluding hydrogens is 848 g/mol. The molecule has 5 atom stereocenters. The molecule has 17 nitrogen and oxygen atoms in total. The van der Waals surface area contributed by atoms with Gasteiger partial charge in [-0.2, -0.15) is 0 Å². The largest absolute Gasteiger partial charge is 0.404 e. The molecule has 6 N–H and O–H groups in total. The molecule has 6 fully saturated rings. The maximum Gasteiger partial charge on any atom is 0.329 e. The zero-order chi connectivity index (χ0) is 45.5. The summed E-state index contributed by atoms with van der Waals surface area (Å²) in [5.41, 5.74) is 12.4. The molecule has 6 aliphatic rings. The average molecular weight is 904 g/mol. The number of likely N-dealkylation sites (tertiary alicyclic amines) is 1. The highest BCUT2D eigenvalue weighted by Crippen LogP contribution is 2.43. The zero-order valence-corrected chi connectivity index (χ0v) is 36.3. The summed E-state index contributed by atoms with van der Waals surface area (Å²) in [6.45, 7) is 2.98. The summed E-state index contributed by atoms with van der Waals surface area (Å²) in [5.74, 6) is -0.520. The van der Waals surface area contributed by atoms with Gasteiger partial charge in [0.2, 0.25) is 11.8 Å². The van der Waals surface area contributed by atoms with Gasteiger partial charge in [-0.3, -0.25) is 38.7 Å². The van der Waals surface area contributed by atoms with Crippen LogP contribution in [0.1, 0.15) is 87.6 Å².